The molecule has 0 radical (unpaired) electrons. The molecule has 0 spiro atoms. The van der Waals surface area contributed by atoms with Gasteiger partial charge in [0, 0.05) is 24.4 Å². The normalized spacial score (nSPS) is 11.9. The van der Waals surface area contributed by atoms with E-state index in [0.717, 1.165) is 29.3 Å². The Labute approximate surface area is 178 Å². The summed E-state index contributed by atoms with van der Waals surface area (Å²) in [6.45, 7) is 7.47. The zero-order valence-electron chi connectivity index (χ0n) is 15.5. The first-order valence-electron chi connectivity index (χ1n) is 8.40. The summed E-state index contributed by atoms with van der Waals surface area (Å²) >= 11 is 1.68. The highest BCUT2D eigenvalue weighted by molar-refractivity contribution is 14.0. The smallest absolute Gasteiger partial charge is 0.357 e. The lowest BCUT2D eigenvalue weighted by Gasteiger charge is -2.11. The number of hydrogen-bond donors (Lipinski definition) is 2. The minimum Gasteiger partial charge on any atom is -0.357 e. The quantitative estimate of drug-likeness (QED) is 0.336. The van der Waals surface area contributed by atoms with Gasteiger partial charge in [-0.3, -0.25) is 0 Å². The SMILES string of the molecule is CCNC(=NCc1cccc(C(F)(F)F)c1)NCCc1nc(C)c(C)s1.I. The largest absolute Gasteiger partial charge is 0.416 e. The van der Waals surface area contributed by atoms with Crippen molar-refractivity contribution in [2.24, 2.45) is 4.99 Å². The van der Waals surface area contributed by atoms with Gasteiger partial charge in [-0.15, -0.1) is 35.3 Å². The third-order valence-corrected chi connectivity index (χ3v) is 4.86. The number of guanidine groups is 1. The van der Waals surface area contributed by atoms with Crippen molar-refractivity contribution in [2.45, 2.75) is 39.9 Å². The summed E-state index contributed by atoms with van der Waals surface area (Å²) in [7, 11) is 0. The summed E-state index contributed by atoms with van der Waals surface area (Å²) in [4.78, 5) is 10.1. The van der Waals surface area contributed by atoms with E-state index in [2.05, 4.69) is 20.6 Å². The minimum absolute atomic E-state index is 0. The Bertz CT molecular complexity index is 740. The van der Waals surface area contributed by atoms with Gasteiger partial charge in [-0.05, 0) is 38.5 Å². The molecule has 0 aliphatic carbocycles. The van der Waals surface area contributed by atoms with Crippen molar-refractivity contribution in [3.8, 4) is 0 Å². The fraction of sp³-hybridized carbons (Fsp3) is 0.444. The Morgan fingerprint density at radius 3 is 2.56 bits per heavy atom. The van der Waals surface area contributed by atoms with Crippen molar-refractivity contribution >= 4 is 41.3 Å². The van der Waals surface area contributed by atoms with E-state index in [1.54, 1.807) is 17.4 Å². The van der Waals surface area contributed by atoms with Gasteiger partial charge in [0.15, 0.2) is 5.96 Å². The molecule has 0 fully saturated rings. The van der Waals surface area contributed by atoms with Crippen molar-refractivity contribution in [2.75, 3.05) is 13.1 Å². The molecule has 0 saturated heterocycles. The number of aliphatic imine (C=N–C) groups is 1. The van der Waals surface area contributed by atoms with Crippen molar-refractivity contribution in [3.63, 3.8) is 0 Å². The lowest BCUT2D eigenvalue weighted by molar-refractivity contribution is -0.137. The van der Waals surface area contributed by atoms with Crippen LogP contribution >= 0.6 is 35.3 Å². The summed E-state index contributed by atoms with van der Waals surface area (Å²) in [6, 6.07) is 5.24. The van der Waals surface area contributed by atoms with E-state index in [4.69, 9.17) is 0 Å². The van der Waals surface area contributed by atoms with E-state index in [-0.39, 0.29) is 30.5 Å². The van der Waals surface area contributed by atoms with Crippen LogP contribution in [0, 0.1) is 13.8 Å². The van der Waals surface area contributed by atoms with Crippen LogP contribution in [0.4, 0.5) is 13.2 Å². The van der Waals surface area contributed by atoms with Crippen LogP contribution in [0.15, 0.2) is 29.3 Å². The van der Waals surface area contributed by atoms with Gasteiger partial charge < -0.3 is 10.6 Å². The second-order valence-corrected chi connectivity index (χ2v) is 7.11. The summed E-state index contributed by atoms with van der Waals surface area (Å²) < 4.78 is 38.3. The number of aryl methyl sites for hydroxylation is 2. The number of hydrogen-bond acceptors (Lipinski definition) is 3. The predicted molar refractivity (Wildman–Crippen MR) is 115 cm³/mol. The van der Waals surface area contributed by atoms with Crippen LogP contribution in [-0.4, -0.2) is 24.0 Å². The molecule has 1 heterocycles. The fourth-order valence-corrected chi connectivity index (χ4v) is 3.23. The van der Waals surface area contributed by atoms with Gasteiger partial charge in [0.05, 0.1) is 22.8 Å². The van der Waals surface area contributed by atoms with Crippen molar-refractivity contribution in [3.05, 3.63) is 51.0 Å². The third kappa shape index (κ3) is 7.65. The fourth-order valence-electron chi connectivity index (χ4n) is 2.29. The van der Waals surface area contributed by atoms with Gasteiger partial charge >= 0.3 is 6.18 Å². The first-order chi connectivity index (χ1) is 12.3. The highest BCUT2D eigenvalue weighted by Gasteiger charge is 2.30. The summed E-state index contributed by atoms with van der Waals surface area (Å²) in [5.41, 5.74) is 0.913. The molecule has 27 heavy (non-hydrogen) atoms. The Morgan fingerprint density at radius 1 is 1.22 bits per heavy atom. The van der Waals surface area contributed by atoms with Gasteiger partial charge in [0.25, 0.3) is 0 Å². The lowest BCUT2D eigenvalue weighted by atomic mass is 10.1. The third-order valence-electron chi connectivity index (χ3n) is 3.72. The first-order valence-corrected chi connectivity index (χ1v) is 9.22. The number of benzene rings is 1. The number of alkyl halides is 3. The molecular formula is C18H24F3IN4S. The molecule has 2 aromatic rings. The van der Waals surface area contributed by atoms with Gasteiger partial charge in [-0.1, -0.05) is 12.1 Å². The molecule has 150 valence electrons. The maximum atomic E-state index is 12.8. The standard InChI is InChI=1S/C18H23F3N4S.HI/c1-4-22-17(23-9-8-16-25-12(2)13(3)26-16)24-11-14-6-5-7-15(10-14)18(19,20)21;/h5-7,10H,4,8-9,11H2,1-3H3,(H2,22,23,24);1H. The van der Waals surface area contributed by atoms with E-state index in [1.165, 1.54) is 10.9 Å². The zero-order valence-corrected chi connectivity index (χ0v) is 18.6. The Morgan fingerprint density at radius 2 is 1.96 bits per heavy atom. The van der Waals surface area contributed by atoms with E-state index in [1.807, 2.05) is 20.8 Å². The van der Waals surface area contributed by atoms with Crippen LogP contribution in [0.5, 0.6) is 0 Å². The molecule has 0 unspecified atom stereocenters. The molecule has 0 aliphatic heterocycles. The van der Waals surface area contributed by atoms with Crippen LogP contribution in [-0.2, 0) is 19.1 Å². The number of thiazole rings is 1. The van der Waals surface area contributed by atoms with Crippen LogP contribution < -0.4 is 10.6 Å². The minimum atomic E-state index is -4.34. The molecule has 9 heteroatoms. The van der Waals surface area contributed by atoms with Gasteiger partial charge in [0.2, 0.25) is 0 Å². The lowest BCUT2D eigenvalue weighted by Crippen LogP contribution is -2.38. The number of nitrogens with zero attached hydrogens (tertiary/aromatic N) is 2. The topological polar surface area (TPSA) is 49.3 Å². The van der Waals surface area contributed by atoms with Crippen molar-refractivity contribution in [1.82, 2.24) is 15.6 Å². The van der Waals surface area contributed by atoms with Crippen molar-refractivity contribution in [1.29, 1.82) is 0 Å². The molecule has 0 amide bonds. The maximum Gasteiger partial charge on any atom is 0.416 e. The summed E-state index contributed by atoms with van der Waals surface area (Å²) in [5.74, 6) is 0.579. The summed E-state index contributed by atoms with van der Waals surface area (Å²) in [5, 5.41) is 7.35. The number of aromatic nitrogens is 1. The second-order valence-electron chi connectivity index (χ2n) is 5.82. The van der Waals surface area contributed by atoms with Gasteiger partial charge in [-0.2, -0.15) is 13.2 Å². The maximum absolute atomic E-state index is 12.8. The first kappa shape index (κ1) is 23.7. The Hall–Kier alpha value is -1.36. The predicted octanol–water partition coefficient (Wildman–Crippen LogP) is 4.69. The molecule has 0 saturated carbocycles. The molecule has 1 aromatic heterocycles. The highest BCUT2D eigenvalue weighted by Crippen LogP contribution is 2.29. The van der Waals surface area contributed by atoms with E-state index in [9.17, 15) is 13.2 Å². The molecule has 1 aromatic carbocycles. The molecular weight excluding hydrogens is 488 g/mol. The number of nitrogens with one attached hydrogen (secondary N) is 2. The Balaban J connectivity index is 0.00000364. The van der Waals surface area contributed by atoms with Crippen molar-refractivity contribution < 1.29 is 13.2 Å². The van der Waals surface area contributed by atoms with Crippen LogP contribution in [0.3, 0.4) is 0 Å². The molecule has 2 rings (SSSR count). The number of rotatable bonds is 6. The Kier molecular flexibility index (Phi) is 9.51. The molecule has 0 bridgehead atoms. The van der Waals surface area contributed by atoms with Gasteiger partial charge in [0.1, 0.15) is 0 Å². The highest BCUT2D eigenvalue weighted by atomic mass is 127. The van der Waals surface area contributed by atoms with Gasteiger partial charge in [-0.25, -0.2) is 9.98 Å². The van der Waals surface area contributed by atoms with E-state index < -0.39 is 11.7 Å². The molecule has 0 aliphatic rings. The van der Waals surface area contributed by atoms with Crippen LogP contribution in [0.25, 0.3) is 0 Å². The van der Waals surface area contributed by atoms with E-state index in [0.29, 0.717) is 24.6 Å². The molecule has 4 nitrogen and oxygen atoms in total. The molecule has 2 N–H and O–H groups in total. The number of halogens is 4. The second kappa shape index (κ2) is 10.8. The van der Waals surface area contributed by atoms with Crippen LogP contribution in [0.2, 0.25) is 0 Å². The molecule has 0 atom stereocenters. The zero-order chi connectivity index (χ0) is 19.2. The van der Waals surface area contributed by atoms with E-state index >= 15 is 0 Å². The summed E-state index contributed by atoms with van der Waals surface area (Å²) in [6.07, 6.45) is -3.57. The monoisotopic (exact) mass is 512 g/mol. The van der Waals surface area contributed by atoms with Crippen LogP contribution in [0.1, 0.15) is 33.6 Å². The average Bonchev–Trinajstić information content (AvgIpc) is 2.90. The average molecular weight is 512 g/mol.